The van der Waals surface area contributed by atoms with E-state index in [9.17, 15) is 4.39 Å². The van der Waals surface area contributed by atoms with Gasteiger partial charge in [-0.25, -0.2) is 19.0 Å². The third-order valence-corrected chi connectivity index (χ3v) is 3.55. The van der Waals surface area contributed by atoms with Crippen LogP contribution in [-0.4, -0.2) is 19.7 Å². The van der Waals surface area contributed by atoms with Crippen LogP contribution in [0, 0.1) is 5.82 Å². The highest BCUT2D eigenvalue weighted by Crippen LogP contribution is 2.25. The lowest BCUT2D eigenvalue weighted by Crippen LogP contribution is -2.00. The zero-order valence-electron chi connectivity index (χ0n) is 13.1. The molecular formula is C19H13FN4O. The van der Waals surface area contributed by atoms with Crippen molar-refractivity contribution in [3.8, 4) is 28.7 Å². The van der Waals surface area contributed by atoms with Crippen molar-refractivity contribution in [1.82, 2.24) is 19.7 Å². The highest BCUT2D eigenvalue weighted by atomic mass is 19.1. The Bertz CT molecular complexity index is 967. The summed E-state index contributed by atoms with van der Waals surface area (Å²) < 4.78 is 20.2. The third-order valence-electron chi connectivity index (χ3n) is 3.55. The summed E-state index contributed by atoms with van der Waals surface area (Å²) in [5, 5.41) is 4.48. The van der Waals surface area contributed by atoms with E-state index in [4.69, 9.17) is 4.74 Å². The van der Waals surface area contributed by atoms with Gasteiger partial charge < -0.3 is 4.74 Å². The van der Waals surface area contributed by atoms with Gasteiger partial charge in [0.2, 0.25) is 5.95 Å². The first kappa shape index (κ1) is 15.0. The molecule has 0 fully saturated rings. The number of hydrogen-bond acceptors (Lipinski definition) is 4. The lowest BCUT2D eigenvalue weighted by Gasteiger charge is -2.06. The van der Waals surface area contributed by atoms with Gasteiger partial charge in [-0.3, -0.25) is 0 Å². The maximum absolute atomic E-state index is 12.9. The van der Waals surface area contributed by atoms with E-state index in [2.05, 4.69) is 15.1 Å². The van der Waals surface area contributed by atoms with Crippen LogP contribution in [0.1, 0.15) is 0 Å². The summed E-state index contributed by atoms with van der Waals surface area (Å²) in [6, 6.07) is 17.1. The Labute approximate surface area is 143 Å². The zero-order chi connectivity index (χ0) is 17.1. The van der Waals surface area contributed by atoms with E-state index in [1.165, 1.54) is 12.1 Å². The lowest BCUT2D eigenvalue weighted by molar-refractivity contribution is 0.480. The monoisotopic (exact) mass is 332 g/mol. The van der Waals surface area contributed by atoms with E-state index < -0.39 is 0 Å². The average molecular weight is 332 g/mol. The van der Waals surface area contributed by atoms with Gasteiger partial charge in [-0.15, -0.1) is 0 Å². The van der Waals surface area contributed by atoms with Crippen LogP contribution in [0.2, 0.25) is 0 Å². The smallest absolute Gasteiger partial charge is 0.250 e. The summed E-state index contributed by atoms with van der Waals surface area (Å²) in [5.74, 6) is 1.48. The van der Waals surface area contributed by atoms with E-state index in [1.54, 1.807) is 35.3 Å². The molecule has 0 saturated carbocycles. The van der Waals surface area contributed by atoms with Gasteiger partial charge in [0.25, 0.3) is 0 Å². The molecule has 0 aliphatic heterocycles. The Morgan fingerprint density at radius 1 is 0.800 bits per heavy atom. The molecule has 0 atom stereocenters. The maximum atomic E-state index is 12.9. The van der Waals surface area contributed by atoms with Crippen molar-refractivity contribution in [3.63, 3.8) is 0 Å². The van der Waals surface area contributed by atoms with Gasteiger partial charge >= 0.3 is 0 Å². The molecule has 0 amide bonds. The van der Waals surface area contributed by atoms with E-state index >= 15 is 0 Å². The van der Waals surface area contributed by atoms with Crippen molar-refractivity contribution in [2.24, 2.45) is 0 Å². The number of hydrogen-bond donors (Lipinski definition) is 0. The average Bonchev–Trinajstić information content (AvgIpc) is 3.15. The minimum atomic E-state index is -0.291. The van der Waals surface area contributed by atoms with E-state index in [0.717, 1.165) is 11.3 Å². The summed E-state index contributed by atoms with van der Waals surface area (Å²) in [6.45, 7) is 0. The van der Waals surface area contributed by atoms with Crippen molar-refractivity contribution in [2.75, 3.05) is 0 Å². The molecule has 5 nitrogen and oxygen atoms in total. The Kier molecular flexibility index (Phi) is 3.92. The normalized spacial score (nSPS) is 10.6. The lowest BCUT2D eigenvalue weighted by atomic mass is 10.1. The summed E-state index contributed by atoms with van der Waals surface area (Å²) >= 11 is 0. The van der Waals surface area contributed by atoms with Crippen molar-refractivity contribution < 1.29 is 9.13 Å². The van der Waals surface area contributed by atoms with Crippen LogP contribution in [-0.2, 0) is 0 Å². The molecule has 2 aromatic carbocycles. The van der Waals surface area contributed by atoms with Gasteiger partial charge in [0.05, 0.1) is 5.69 Å². The Hall–Kier alpha value is -3.54. The molecule has 0 unspecified atom stereocenters. The van der Waals surface area contributed by atoms with Gasteiger partial charge in [0, 0.05) is 24.2 Å². The van der Waals surface area contributed by atoms with E-state index in [-0.39, 0.29) is 5.82 Å². The number of rotatable bonds is 4. The molecule has 0 N–H and O–H groups in total. The molecule has 0 radical (unpaired) electrons. The third kappa shape index (κ3) is 3.37. The minimum Gasteiger partial charge on any atom is -0.457 e. The first-order valence-electron chi connectivity index (χ1n) is 7.65. The van der Waals surface area contributed by atoms with Crippen LogP contribution in [0.3, 0.4) is 0 Å². The molecule has 122 valence electrons. The largest absolute Gasteiger partial charge is 0.457 e. The summed E-state index contributed by atoms with van der Waals surface area (Å²) in [6.07, 6.45) is 5.16. The Morgan fingerprint density at radius 3 is 2.12 bits per heavy atom. The topological polar surface area (TPSA) is 52.8 Å². The van der Waals surface area contributed by atoms with Gasteiger partial charge in [0.1, 0.15) is 17.3 Å². The zero-order valence-corrected chi connectivity index (χ0v) is 13.1. The highest BCUT2D eigenvalue weighted by Gasteiger charge is 2.06. The quantitative estimate of drug-likeness (QED) is 0.560. The van der Waals surface area contributed by atoms with Crippen molar-refractivity contribution in [1.29, 1.82) is 0 Å². The maximum Gasteiger partial charge on any atom is 0.250 e. The van der Waals surface area contributed by atoms with Gasteiger partial charge in [-0.1, -0.05) is 0 Å². The molecule has 2 heterocycles. The molecule has 6 heteroatoms. The second kappa shape index (κ2) is 6.52. The van der Waals surface area contributed by atoms with Gasteiger partial charge in [-0.2, -0.15) is 5.10 Å². The highest BCUT2D eigenvalue weighted by molar-refractivity contribution is 5.60. The Balaban J connectivity index is 1.52. The van der Waals surface area contributed by atoms with Crippen LogP contribution < -0.4 is 4.74 Å². The van der Waals surface area contributed by atoms with Crippen molar-refractivity contribution in [2.45, 2.75) is 0 Å². The molecule has 0 bridgehead atoms. The number of benzene rings is 2. The minimum absolute atomic E-state index is 0.291. The number of ether oxygens (including phenoxy) is 1. The first-order valence-corrected chi connectivity index (χ1v) is 7.65. The number of aromatic nitrogens is 4. The predicted octanol–water partition coefficient (Wildman–Crippen LogP) is 4.26. The van der Waals surface area contributed by atoms with Crippen LogP contribution in [0.25, 0.3) is 17.2 Å². The molecule has 25 heavy (non-hydrogen) atoms. The second-order valence-corrected chi connectivity index (χ2v) is 5.27. The van der Waals surface area contributed by atoms with Crippen LogP contribution >= 0.6 is 0 Å². The van der Waals surface area contributed by atoms with Crippen LogP contribution in [0.15, 0.2) is 79.3 Å². The molecular weight excluding hydrogens is 319 g/mol. The molecule has 0 aliphatic rings. The van der Waals surface area contributed by atoms with Gasteiger partial charge in [0.15, 0.2) is 0 Å². The predicted molar refractivity (Wildman–Crippen MR) is 91.1 cm³/mol. The summed E-state index contributed by atoms with van der Waals surface area (Å²) in [5.41, 5.74) is 1.75. The molecule has 0 saturated heterocycles. The molecule has 0 aliphatic carbocycles. The van der Waals surface area contributed by atoms with Crippen LogP contribution in [0.4, 0.5) is 4.39 Å². The number of nitrogens with zero attached hydrogens (tertiary/aromatic N) is 4. The van der Waals surface area contributed by atoms with E-state index in [0.29, 0.717) is 17.4 Å². The van der Waals surface area contributed by atoms with Crippen molar-refractivity contribution >= 4 is 0 Å². The summed E-state index contributed by atoms with van der Waals surface area (Å²) in [4.78, 5) is 8.33. The fourth-order valence-electron chi connectivity index (χ4n) is 2.33. The fourth-order valence-corrected chi connectivity index (χ4v) is 2.33. The molecule has 2 aromatic heterocycles. The van der Waals surface area contributed by atoms with Gasteiger partial charge in [-0.05, 0) is 60.7 Å². The Morgan fingerprint density at radius 2 is 1.44 bits per heavy atom. The van der Waals surface area contributed by atoms with Crippen molar-refractivity contribution in [3.05, 3.63) is 85.1 Å². The van der Waals surface area contributed by atoms with E-state index in [1.807, 2.05) is 36.5 Å². The SMILES string of the molecule is Fc1ccc(Oc2ccc(-c3ccn(-c4ncccn4)n3)cc2)cc1. The standard InChI is InChI=1S/C19H13FN4O/c20-15-4-8-17(9-5-15)25-16-6-2-14(3-7-16)18-10-13-24(23-18)19-21-11-1-12-22-19/h1-13H. The summed E-state index contributed by atoms with van der Waals surface area (Å²) in [7, 11) is 0. The fraction of sp³-hybridized carbons (Fsp3) is 0. The van der Waals surface area contributed by atoms with Crippen LogP contribution in [0.5, 0.6) is 11.5 Å². The molecule has 4 aromatic rings. The molecule has 4 rings (SSSR count). The number of halogens is 1. The first-order chi connectivity index (χ1) is 12.3. The molecule has 0 spiro atoms. The second-order valence-electron chi connectivity index (χ2n) is 5.27.